The van der Waals surface area contributed by atoms with Crippen LogP contribution < -0.4 is 4.90 Å². The van der Waals surface area contributed by atoms with Gasteiger partial charge in [-0.05, 0) is 111 Å². The largest absolute Gasteiger partial charge is 0.310 e. The lowest BCUT2D eigenvalue weighted by molar-refractivity contribution is 0.332. The van der Waals surface area contributed by atoms with Crippen molar-refractivity contribution in [2.45, 2.75) is 51.4 Å². The van der Waals surface area contributed by atoms with Gasteiger partial charge >= 0.3 is 0 Å². The second-order valence-corrected chi connectivity index (χ2v) is 16.8. The molecule has 10 rings (SSSR count). The Balaban J connectivity index is 1.21. The molecule has 1 aliphatic rings. The fourth-order valence-corrected chi connectivity index (χ4v) is 9.30. The molecule has 1 aromatic heterocycles. The number of fused-ring (bicyclic) bond motifs is 5. The van der Waals surface area contributed by atoms with Crippen LogP contribution >= 0.6 is 0 Å². The highest BCUT2D eigenvalue weighted by molar-refractivity contribution is 6.11. The summed E-state index contributed by atoms with van der Waals surface area (Å²) in [4.78, 5) is 2.45. The Bertz CT molecular complexity index is 2900. The van der Waals surface area contributed by atoms with Gasteiger partial charge in [0, 0.05) is 33.2 Å². The normalized spacial score (nSPS) is 14.6. The van der Waals surface area contributed by atoms with E-state index in [9.17, 15) is 0 Å². The minimum atomic E-state index is 0.112. The molecule has 2 heteroatoms. The Morgan fingerprint density at radius 3 is 1.71 bits per heavy atom. The fourth-order valence-electron chi connectivity index (χ4n) is 9.30. The van der Waals surface area contributed by atoms with Crippen LogP contribution in [0.15, 0.2) is 182 Å². The third kappa shape index (κ3) is 5.63. The molecule has 0 amide bonds. The second kappa shape index (κ2) is 13.1. The zero-order valence-corrected chi connectivity index (χ0v) is 32.6. The lowest BCUT2D eigenvalue weighted by Gasteiger charge is -2.42. The molecule has 56 heavy (non-hydrogen) atoms. The van der Waals surface area contributed by atoms with E-state index in [0.717, 1.165) is 17.1 Å². The highest BCUT2D eigenvalue weighted by Gasteiger charge is 2.37. The van der Waals surface area contributed by atoms with Crippen molar-refractivity contribution in [2.24, 2.45) is 0 Å². The Morgan fingerprint density at radius 2 is 0.982 bits per heavy atom. The molecule has 272 valence electrons. The summed E-state index contributed by atoms with van der Waals surface area (Å²) < 4.78 is 2.50. The summed E-state index contributed by atoms with van der Waals surface area (Å²) in [5.74, 6) is 0. The van der Waals surface area contributed by atoms with Crippen LogP contribution in [0.2, 0.25) is 0 Å². The summed E-state index contributed by atoms with van der Waals surface area (Å²) in [6.07, 6.45) is 2.39. The van der Waals surface area contributed by atoms with Crippen LogP contribution in [0.25, 0.3) is 60.5 Å². The average Bonchev–Trinajstić information content (AvgIpc) is 3.57. The molecule has 0 saturated heterocycles. The zero-order valence-electron chi connectivity index (χ0n) is 32.6. The predicted octanol–water partition coefficient (Wildman–Crippen LogP) is 15.1. The minimum Gasteiger partial charge on any atom is -0.310 e. The van der Waals surface area contributed by atoms with E-state index in [1.807, 2.05) is 0 Å². The van der Waals surface area contributed by atoms with Crippen molar-refractivity contribution in [3.63, 3.8) is 0 Å². The van der Waals surface area contributed by atoms with E-state index >= 15 is 0 Å². The van der Waals surface area contributed by atoms with E-state index in [-0.39, 0.29) is 10.8 Å². The first kappa shape index (κ1) is 34.1. The van der Waals surface area contributed by atoms with Crippen LogP contribution in [0.4, 0.5) is 17.1 Å². The summed E-state index contributed by atoms with van der Waals surface area (Å²) in [6.45, 7) is 9.65. The highest BCUT2D eigenvalue weighted by atomic mass is 15.1. The van der Waals surface area contributed by atoms with E-state index in [0.29, 0.717) is 0 Å². The minimum absolute atomic E-state index is 0.112. The van der Waals surface area contributed by atoms with E-state index in [4.69, 9.17) is 0 Å². The maximum atomic E-state index is 2.50. The molecule has 0 N–H and O–H groups in total. The Hall–Kier alpha value is -6.38. The van der Waals surface area contributed by atoms with Crippen LogP contribution in [-0.2, 0) is 10.8 Å². The third-order valence-corrected chi connectivity index (χ3v) is 12.5. The Kier molecular flexibility index (Phi) is 8.01. The summed E-state index contributed by atoms with van der Waals surface area (Å²) >= 11 is 0. The molecule has 0 saturated carbocycles. The Morgan fingerprint density at radius 1 is 0.411 bits per heavy atom. The van der Waals surface area contributed by atoms with Gasteiger partial charge in [-0.15, -0.1) is 0 Å². The predicted molar refractivity (Wildman–Crippen MR) is 239 cm³/mol. The van der Waals surface area contributed by atoms with Crippen molar-refractivity contribution < 1.29 is 0 Å². The first-order chi connectivity index (χ1) is 27.3. The first-order valence-electron chi connectivity index (χ1n) is 20.0. The van der Waals surface area contributed by atoms with E-state index in [1.54, 1.807) is 0 Å². The number of para-hydroxylation sites is 1. The number of nitrogens with zero attached hydrogens (tertiary/aromatic N) is 2. The molecular formula is C54H46N2. The molecule has 0 atom stereocenters. The van der Waals surface area contributed by atoms with Crippen molar-refractivity contribution in [2.75, 3.05) is 4.90 Å². The number of hydrogen-bond acceptors (Lipinski definition) is 1. The van der Waals surface area contributed by atoms with Gasteiger partial charge in [0.15, 0.2) is 0 Å². The van der Waals surface area contributed by atoms with Crippen molar-refractivity contribution in [1.82, 2.24) is 4.57 Å². The molecule has 8 aromatic carbocycles. The smallest absolute Gasteiger partial charge is 0.0561 e. The quantitative estimate of drug-likeness (QED) is 0.166. The SMILES string of the molecule is CC1(C)CCC(C)(C)c2cc(-n3c4ccccc4c4ccc(N(c5ccc(-c6ccccc6)cc5)c5ccc(-c6ccccc6)c6ccccc56)cc43)ccc21. The second-order valence-electron chi connectivity index (χ2n) is 16.8. The van der Waals surface area contributed by atoms with Gasteiger partial charge in [0.2, 0.25) is 0 Å². The molecule has 0 radical (unpaired) electrons. The van der Waals surface area contributed by atoms with E-state index in [2.05, 4.69) is 219 Å². The van der Waals surface area contributed by atoms with Crippen LogP contribution in [0.5, 0.6) is 0 Å². The van der Waals surface area contributed by atoms with Gasteiger partial charge in [-0.1, -0.05) is 161 Å². The van der Waals surface area contributed by atoms with Gasteiger partial charge in [0.1, 0.15) is 0 Å². The van der Waals surface area contributed by atoms with Crippen molar-refractivity contribution in [3.8, 4) is 27.9 Å². The summed E-state index contributed by atoms with van der Waals surface area (Å²) in [5.41, 5.74) is 15.1. The highest BCUT2D eigenvalue weighted by Crippen LogP contribution is 2.48. The van der Waals surface area contributed by atoms with Gasteiger partial charge in [-0.25, -0.2) is 0 Å². The van der Waals surface area contributed by atoms with Gasteiger partial charge in [0.05, 0.1) is 16.7 Å². The molecule has 9 aromatic rings. The van der Waals surface area contributed by atoms with E-state index < -0.39 is 0 Å². The van der Waals surface area contributed by atoms with Crippen LogP contribution in [-0.4, -0.2) is 4.57 Å². The average molecular weight is 723 g/mol. The number of rotatable bonds is 6. The lowest BCUT2D eigenvalue weighted by atomic mass is 9.63. The van der Waals surface area contributed by atoms with Gasteiger partial charge < -0.3 is 9.47 Å². The molecule has 0 bridgehead atoms. The lowest BCUT2D eigenvalue weighted by Crippen LogP contribution is -2.33. The number of hydrogen-bond donors (Lipinski definition) is 0. The van der Waals surface area contributed by atoms with Gasteiger partial charge in [-0.3, -0.25) is 0 Å². The van der Waals surface area contributed by atoms with Crippen LogP contribution in [0.1, 0.15) is 51.7 Å². The maximum absolute atomic E-state index is 2.50. The van der Waals surface area contributed by atoms with Crippen LogP contribution in [0.3, 0.4) is 0 Å². The number of anilines is 3. The molecule has 0 unspecified atom stereocenters. The topological polar surface area (TPSA) is 8.17 Å². The van der Waals surface area contributed by atoms with Crippen molar-refractivity contribution in [1.29, 1.82) is 0 Å². The monoisotopic (exact) mass is 722 g/mol. The first-order valence-corrected chi connectivity index (χ1v) is 20.0. The molecular weight excluding hydrogens is 677 g/mol. The third-order valence-electron chi connectivity index (χ3n) is 12.5. The Labute approximate surface area is 330 Å². The molecule has 0 fully saturated rings. The number of aromatic nitrogens is 1. The van der Waals surface area contributed by atoms with Crippen LogP contribution in [0, 0.1) is 0 Å². The van der Waals surface area contributed by atoms with E-state index in [1.165, 1.54) is 84.5 Å². The molecule has 0 spiro atoms. The standard InChI is InChI=1S/C54H46N2/c1-53(2)33-34-54(3,4)49-35-41(28-31-48(49)53)56-50-22-14-13-21-46(50)47-29-27-42(36-52(47)56)55(40-25-23-38(24-26-40)37-15-7-5-8-16-37)51-32-30-43(39-17-9-6-10-18-39)44-19-11-12-20-45(44)51/h5-32,35-36H,33-34H2,1-4H3. The zero-order chi connectivity index (χ0) is 38.0. The molecule has 0 aliphatic heterocycles. The molecule has 1 aliphatic carbocycles. The fraction of sp³-hybridized carbons (Fsp3) is 0.148. The van der Waals surface area contributed by atoms with Gasteiger partial charge in [0.25, 0.3) is 0 Å². The summed E-state index contributed by atoms with van der Waals surface area (Å²) in [5, 5.41) is 4.96. The summed E-state index contributed by atoms with van der Waals surface area (Å²) in [6, 6.07) is 67.1. The molecule has 1 heterocycles. The maximum Gasteiger partial charge on any atom is 0.0561 e. The van der Waals surface area contributed by atoms with Gasteiger partial charge in [-0.2, -0.15) is 0 Å². The van der Waals surface area contributed by atoms with Crippen molar-refractivity contribution in [3.05, 3.63) is 193 Å². The van der Waals surface area contributed by atoms with Crippen molar-refractivity contribution >= 4 is 49.6 Å². The molecule has 2 nitrogen and oxygen atoms in total. The number of benzene rings is 8. The summed E-state index contributed by atoms with van der Waals surface area (Å²) in [7, 11) is 0.